The third kappa shape index (κ3) is 5.32. The van der Waals surface area contributed by atoms with Gasteiger partial charge in [0.2, 0.25) is 0 Å². The van der Waals surface area contributed by atoms with Gasteiger partial charge in [0.25, 0.3) is 0 Å². The zero-order chi connectivity index (χ0) is 19.8. The molecule has 0 bridgehead atoms. The van der Waals surface area contributed by atoms with Gasteiger partial charge in [0, 0.05) is 0 Å². The van der Waals surface area contributed by atoms with Gasteiger partial charge in [-0.25, -0.2) is 0 Å². The summed E-state index contributed by atoms with van der Waals surface area (Å²) in [4.78, 5) is 8.09. The molecule has 6 heteroatoms. The molecule has 0 aliphatic rings. The molecular formula is C21H20Cl2N2NiO. The number of nitrogens with zero attached hydrogens (tertiary/aromatic N) is 2. The number of aryl methyl sites for hydroxylation is 1. The van der Waals surface area contributed by atoms with E-state index in [1.807, 2.05) is 55.3 Å². The molecular weight excluding hydrogens is 426 g/mol. The van der Waals surface area contributed by atoms with E-state index in [9.17, 15) is 0 Å². The Morgan fingerprint density at radius 2 is 2.19 bits per heavy atom. The molecule has 0 aliphatic heterocycles. The zero-order valence-electron chi connectivity index (χ0n) is 15.1. The number of para-hydroxylation sites is 1. The molecule has 0 atom stereocenters. The molecule has 0 unspecified atom stereocenters. The van der Waals surface area contributed by atoms with Crippen molar-refractivity contribution in [2.24, 2.45) is 0 Å². The Kier molecular flexibility index (Phi) is 8.31. The zero-order valence-corrected chi connectivity index (χ0v) is 17.6. The van der Waals surface area contributed by atoms with Crippen LogP contribution >= 0.6 is 23.2 Å². The van der Waals surface area contributed by atoms with Crippen molar-refractivity contribution in [1.29, 1.82) is 0 Å². The first-order valence-electron chi connectivity index (χ1n) is 8.17. The number of hydrogen-bond donors (Lipinski definition) is 0. The van der Waals surface area contributed by atoms with Crippen molar-refractivity contribution in [3.63, 3.8) is 0 Å². The SMILES string of the molecule is C=CN(/C=C\C)c1cc(C)nc2c(OCC(=CCl)/C(Cl)=C\[CH]=[Ni])cccc12. The van der Waals surface area contributed by atoms with Crippen LogP contribution in [0.4, 0.5) is 5.69 Å². The molecule has 27 heavy (non-hydrogen) atoms. The van der Waals surface area contributed by atoms with E-state index in [0.717, 1.165) is 22.3 Å². The van der Waals surface area contributed by atoms with Crippen LogP contribution in [0.25, 0.3) is 10.9 Å². The molecule has 3 nitrogen and oxygen atoms in total. The predicted molar refractivity (Wildman–Crippen MR) is 113 cm³/mol. The van der Waals surface area contributed by atoms with Crippen molar-refractivity contribution in [3.8, 4) is 5.75 Å². The van der Waals surface area contributed by atoms with Crippen LogP contribution in [0.3, 0.4) is 0 Å². The minimum atomic E-state index is 0.205. The molecule has 2 rings (SSSR count). The fourth-order valence-corrected chi connectivity index (χ4v) is 3.17. The van der Waals surface area contributed by atoms with Gasteiger partial charge in [0.05, 0.1) is 0 Å². The van der Waals surface area contributed by atoms with Crippen LogP contribution in [0, 0.1) is 6.92 Å². The third-order valence-electron chi connectivity index (χ3n) is 3.71. The first-order valence-corrected chi connectivity index (χ1v) is 9.56. The summed E-state index contributed by atoms with van der Waals surface area (Å²) in [7, 11) is 0. The number of halogens is 2. The summed E-state index contributed by atoms with van der Waals surface area (Å²) in [6, 6.07) is 7.81. The summed E-state index contributed by atoms with van der Waals surface area (Å²) in [5, 5.41) is 1.40. The van der Waals surface area contributed by atoms with Crippen LogP contribution in [0.2, 0.25) is 0 Å². The van der Waals surface area contributed by atoms with Gasteiger partial charge in [-0.3, -0.25) is 0 Å². The van der Waals surface area contributed by atoms with Crippen LogP contribution in [0.5, 0.6) is 5.75 Å². The molecule has 0 radical (unpaired) electrons. The third-order valence-corrected chi connectivity index (χ3v) is 4.51. The van der Waals surface area contributed by atoms with Crippen molar-refractivity contribution in [1.82, 2.24) is 4.98 Å². The molecule has 1 heterocycles. The number of fused-ring (bicyclic) bond motifs is 1. The van der Waals surface area contributed by atoms with Gasteiger partial charge in [-0.05, 0) is 6.92 Å². The van der Waals surface area contributed by atoms with Crippen LogP contribution < -0.4 is 9.64 Å². The summed E-state index contributed by atoms with van der Waals surface area (Å²) in [5.74, 6) is 0.646. The van der Waals surface area contributed by atoms with Gasteiger partial charge >= 0.3 is 158 Å². The second kappa shape index (κ2) is 10.5. The number of aromatic nitrogens is 1. The summed E-state index contributed by atoms with van der Waals surface area (Å²) >= 11 is 16.6. The van der Waals surface area contributed by atoms with Gasteiger partial charge in [-0.1, -0.05) is 12.7 Å². The Labute approximate surface area is 177 Å². The topological polar surface area (TPSA) is 25.4 Å². The van der Waals surface area contributed by atoms with E-state index in [1.165, 1.54) is 10.5 Å². The first-order chi connectivity index (χ1) is 13.0. The van der Waals surface area contributed by atoms with E-state index >= 15 is 0 Å². The van der Waals surface area contributed by atoms with Crippen molar-refractivity contribution in [2.45, 2.75) is 13.8 Å². The molecule has 144 valence electrons. The van der Waals surface area contributed by atoms with E-state index in [1.54, 1.807) is 12.3 Å². The Morgan fingerprint density at radius 3 is 2.81 bits per heavy atom. The van der Waals surface area contributed by atoms with Crippen LogP contribution in [0.1, 0.15) is 12.6 Å². The molecule has 0 amide bonds. The van der Waals surface area contributed by atoms with Crippen molar-refractivity contribution < 1.29 is 19.8 Å². The van der Waals surface area contributed by atoms with E-state index < -0.39 is 0 Å². The molecule has 1 aromatic heterocycles. The van der Waals surface area contributed by atoms with Gasteiger partial charge < -0.3 is 0 Å². The minimum absolute atomic E-state index is 0.205. The molecule has 2 aromatic rings. The number of benzene rings is 1. The van der Waals surface area contributed by atoms with E-state index in [0.29, 0.717) is 16.4 Å². The van der Waals surface area contributed by atoms with Crippen LogP contribution in [-0.2, 0) is 15.0 Å². The van der Waals surface area contributed by atoms with Crippen molar-refractivity contribution in [2.75, 3.05) is 11.5 Å². The Balaban J connectivity index is 2.48. The van der Waals surface area contributed by atoms with E-state index in [4.69, 9.17) is 27.9 Å². The van der Waals surface area contributed by atoms with Crippen molar-refractivity contribution >= 4 is 44.8 Å². The van der Waals surface area contributed by atoms with Crippen LogP contribution in [-0.4, -0.2) is 16.6 Å². The molecule has 0 fully saturated rings. The summed E-state index contributed by atoms with van der Waals surface area (Å²) in [6.07, 6.45) is 7.27. The summed E-state index contributed by atoms with van der Waals surface area (Å²) < 4.78 is 5.98. The Hall–Kier alpha value is -1.87. The molecule has 0 N–H and O–H groups in total. The molecule has 0 aliphatic carbocycles. The van der Waals surface area contributed by atoms with Gasteiger partial charge in [0.1, 0.15) is 0 Å². The monoisotopic (exact) mass is 444 g/mol. The van der Waals surface area contributed by atoms with Gasteiger partial charge in [-0.2, -0.15) is 0 Å². The second-order valence-corrected chi connectivity index (χ2v) is 6.50. The fraction of sp³-hybridized carbons (Fsp3) is 0.143. The number of pyridine rings is 1. The van der Waals surface area contributed by atoms with E-state index in [2.05, 4.69) is 26.6 Å². The average molecular weight is 446 g/mol. The number of rotatable bonds is 8. The maximum atomic E-state index is 6.17. The average Bonchev–Trinajstić information content (AvgIpc) is 2.66. The second-order valence-electron chi connectivity index (χ2n) is 5.55. The number of hydrogen-bond acceptors (Lipinski definition) is 3. The number of ether oxygens (including phenoxy) is 1. The van der Waals surface area contributed by atoms with Crippen molar-refractivity contribution in [3.05, 3.63) is 77.2 Å². The molecule has 0 saturated heterocycles. The quantitative estimate of drug-likeness (QED) is 0.368. The number of allylic oxidation sites excluding steroid dienone is 2. The molecule has 0 spiro atoms. The van der Waals surface area contributed by atoms with E-state index in [-0.39, 0.29) is 6.61 Å². The normalized spacial score (nSPS) is 12.5. The summed E-state index contributed by atoms with van der Waals surface area (Å²) in [6.45, 7) is 8.00. The van der Waals surface area contributed by atoms with Gasteiger partial charge in [-0.15, -0.1) is 0 Å². The predicted octanol–water partition coefficient (Wildman–Crippen LogP) is 6.00. The van der Waals surface area contributed by atoms with Gasteiger partial charge in [0.15, 0.2) is 0 Å². The fourth-order valence-electron chi connectivity index (χ4n) is 2.52. The Morgan fingerprint density at radius 1 is 1.41 bits per heavy atom. The summed E-state index contributed by atoms with van der Waals surface area (Å²) in [5.41, 5.74) is 4.64. The maximum absolute atomic E-state index is 6.17. The Bertz CT molecular complexity index is 935. The first kappa shape index (κ1) is 21.4. The molecule has 1 aromatic carbocycles. The number of anilines is 1. The molecule has 0 saturated carbocycles. The standard InChI is InChI=1S/C21H20Cl2N2O.Ni/c1-5-11-25(7-3)19-12-15(4)24-21-17(19)9-8-10-20(21)26-14-16(13-22)18(23)6-2;/h2,5-13H,3,14H2,1,4H3;/b11-5-,16-13?,18-6+;. The van der Waals surface area contributed by atoms with Crippen LogP contribution in [0.15, 0.2) is 71.5 Å².